The Hall–Kier alpha value is -5.26. The largest absolute Gasteiger partial charge is 0.370 e. The van der Waals surface area contributed by atoms with Crippen molar-refractivity contribution in [1.82, 2.24) is 37.2 Å². The molecule has 0 rings (SSSR count). The monoisotopic (exact) mass is 827 g/mol. The number of nitrogens with two attached hydrogens (primary N) is 6. The van der Waals surface area contributed by atoms with Crippen LogP contribution < -0.4 is 71.6 Å². The number of guanidine groups is 1. The number of aldehydes is 1. The highest BCUT2D eigenvalue weighted by molar-refractivity contribution is 5.95. The molecule has 0 aromatic rings. The third-order valence-corrected chi connectivity index (χ3v) is 8.50. The van der Waals surface area contributed by atoms with Crippen LogP contribution in [0.2, 0.25) is 0 Å². The van der Waals surface area contributed by atoms with Crippen LogP contribution in [0.5, 0.6) is 0 Å². The topological polar surface area (TPSA) is 406 Å². The van der Waals surface area contributed by atoms with E-state index in [-0.39, 0.29) is 50.4 Å². The molecule has 23 heteroatoms. The van der Waals surface area contributed by atoms with Crippen molar-refractivity contribution in [2.24, 2.45) is 39.4 Å². The first-order valence-corrected chi connectivity index (χ1v) is 19.5. The van der Waals surface area contributed by atoms with E-state index in [1.165, 1.54) is 6.92 Å². The summed E-state index contributed by atoms with van der Waals surface area (Å²) in [6.45, 7) is 0.922. The molecule has 23 nitrogen and oxygen atoms in total. The summed E-state index contributed by atoms with van der Waals surface area (Å²) < 4.78 is 0. The van der Waals surface area contributed by atoms with Crippen LogP contribution in [-0.2, 0) is 43.2 Å². The van der Waals surface area contributed by atoms with Crippen molar-refractivity contribution in [2.75, 3.05) is 45.8 Å². The molecule has 5 unspecified atom stereocenters. The maximum Gasteiger partial charge on any atom is 0.243 e. The Labute approximate surface area is 338 Å². The van der Waals surface area contributed by atoms with Crippen molar-refractivity contribution < 1.29 is 43.2 Å². The van der Waals surface area contributed by atoms with Crippen LogP contribution in [-0.4, -0.2) is 135 Å². The number of hydrogen-bond acceptors (Lipinski definition) is 14. The maximum absolute atomic E-state index is 13.2. The molecule has 0 bridgehead atoms. The molecule has 0 aliphatic rings. The summed E-state index contributed by atoms with van der Waals surface area (Å²) in [6, 6.07) is -5.31. The van der Waals surface area contributed by atoms with Crippen LogP contribution in [0.15, 0.2) is 4.99 Å². The number of unbranched alkanes of at least 4 members (excludes halogenated alkanes) is 3. The first kappa shape index (κ1) is 52.7. The van der Waals surface area contributed by atoms with Crippen LogP contribution in [0.4, 0.5) is 0 Å². The quantitative estimate of drug-likeness (QED) is 0.0127. The second-order valence-electron chi connectivity index (χ2n) is 13.5. The van der Waals surface area contributed by atoms with Crippen molar-refractivity contribution in [1.29, 1.82) is 0 Å². The predicted molar refractivity (Wildman–Crippen MR) is 215 cm³/mol. The molecule has 19 N–H and O–H groups in total. The molecule has 7 amide bonds. The molecule has 0 aromatic carbocycles. The van der Waals surface area contributed by atoms with Gasteiger partial charge in [0, 0.05) is 13.0 Å². The maximum atomic E-state index is 13.2. The van der Waals surface area contributed by atoms with Gasteiger partial charge in [-0.05, 0) is 97.2 Å². The van der Waals surface area contributed by atoms with Gasteiger partial charge in [-0.3, -0.25) is 43.3 Å². The fraction of sp³-hybridized carbons (Fsp3) is 0.714. The van der Waals surface area contributed by atoms with Crippen molar-refractivity contribution in [3.05, 3.63) is 0 Å². The van der Waals surface area contributed by atoms with Gasteiger partial charge in [-0.1, -0.05) is 0 Å². The summed E-state index contributed by atoms with van der Waals surface area (Å²) in [7, 11) is 0. The van der Waals surface area contributed by atoms with Gasteiger partial charge in [-0.15, -0.1) is 0 Å². The molecule has 0 fully saturated rings. The van der Waals surface area contributed by atoms with Gasteiger partial charge in [0.1, 0.15) is 24.4 Å². The van der Waals surface area contributed by atoms with Crippen molar-refractivity contribution in [2.45, 2.75) is 114 Å². The lowest BCUT2D eigenvalue weighted by molar-refractivity contribution is -0.133. The van der Waals surface area contributed by atoms with E-state index in [0.29, 0.717) is 70.9 Å². The number of nitrogens with zero attached hydrogens (tertiary/aromatic N) is 1. The number of aliphatic imine (C=N–C) groups is 1. The lowest BCUT2D eigenvalue weighted by Gasteiger charge is -2.22. The van der Waals surface area contributed by atoms with E-state index in [0.717, 1.165) is 0 Å². The summed E-state index contributed by atoms with van der Waals surface area (Å²) in [5.74, 6) is -5.46. The molecule has 0 aliphatic carbocycles. The minimum absolute atomic E-state index is 0.0139. The van der Waals surface area contributed by atoms with Crippen molar-refractivity contribution in [3.8, 4) is 0 Å². The van der Waals surface area contributed by atoms with Gasteiger partial charge in [-0.2, -0.15) is 0 Å². The number of nitrogens with one attached hydrogen (secondary N) is 7. The Balaban J connectivity index is 5.55. The lowest BCUT2D eigenvalue weighted by Crippen LogP contribution is -2.55. The van der Waals surface area contributed by atoms with E-state index in [4.69, 9.17) is 34.4 Å². The zero-order chi connectivity index (χ0) is 43.9. The average Bonchev–Trinajstić information content (AvgIpc) is 3.18. The molecule has 0 saturated heterocycles. The number of rotatable bonds is 33. The zero-order valence-corrected chi connectivity index (χ0v) is 33.5. The van der Waals surface area contributed by atoms with E-state index in [1.54, 1.807) is 0 Å². The Kier molecular flexibility index (Phi) is 28.9. The summed E-state index contributed by atoms with van der Waals surface area (Å²) in [4.78, 5) is 117. The number of Topliss-reactive ketones (excluding diaryl/α,β-unsaturated/α-hetero) is 1. The van der Waals surface area contributed by atoms with Crippen LogP contribution >= 0.6 is 0 Å². The van der Waals surface area contributed by atoms with Gasteiger partial charge >= 0.3 is 0 Å². The predicted octanol–water partition coefficient (Wildman–Crippen LogP) is -5.78. The van der Waals surface area contributed by atoms with Crippen LogP contribution in [0.25, 0.3) is 0 Å². The fourth-order valence-corrected chi connectivity index (χ4v) is 5.26. The second kappa shape index (κ2) is 31.8. The first-order valence-electron chi connectivity index (χ1n) is 19.5. The van der Waals surface area contributed by atoms with E-state index < -0.39 is 91.2 Å². The van der Waals surface area contributed by atoms with Crippen LogP contribution in [0, 0.1) is 0 Å². The average molecular weight is 827 g/mol. The number of carbonyl (C=O) groups is 9. The van der Waals surface area contributed by atoms with Crippen LogP contribution in [0.1, 0.15) is 84.0 Å². The van der Waals surface area contributed by atoms with Gasteiger partial charge in [0.25, 0.3) is 0 Å². The first-order chi connectivity index (χ1) is 27.6. The standard InChI is InChI=1S/C35H66N14O9/c1-22(51)24(9-2-5-14-36)46-28(52)19-43-32(56)25(10-3-6-15-37)47-29(53)20-44-33(57)26(12-8-17-42-35(40)41)48-30(54)21-45-34(58)27(11-4-7-16-38)49-31(55)23(39)13-18-50/h18,23-27H,2-17,19-21,36-39H2,1H3,(H,43,56)(H,44,57)(H,45,58)(H,46,52)(H,47,53)(H,48,54)(H,49,55)(H4,40,41,42). The smallest absolute Gasteiger partial charge is 0.243 e. The molecule has 0 heterocycles. The SMILES string of the molecule is CC(=O)C(CCCCN)NC(=O)CNC(=O)C(CCCCN)NC(=O)CNC(=O)C(CCCN=C(N)N)NC(=O)CNC(=O)C(CCCCN)NC(=O)C(N)CC=O. The molecule has 0 radical (unpaired) electrons. The summed E-state index contributed by atoms with van der Waals surface area (Å²) in [5.41, 5.74) is 33.0. The highest BCUT2D eigenvalue weighted by atomic mass is 16.2. The minimum Gasteiger partial charge on any atom is -0.370 e. The molecule has 0 spiro atoms. The second-order valence-corrected chi connectivity index (χ2v) is 13.5. The van der Waals surface area contributed by atoms with E-state index in [9.17, 15) is 43.2 Å². The third-order valence-electron chi connectivity index (χ3n) is 8.50. The fourth-order valence-electron chi connectivity index (χ4n) is 5.26. The normalized spacial score (nSPS) is 13.3. The molecule has 0 aliphatic heterocycles. The Morgan fingerprint density at radius 3 is 1.26 bits per heavy atom. The number of hydrogen-bond donors (Lipinski definition) is 13. The van der Waals surface area contributed by atoms with E-state index in [2.05, 4.69) is 42.2 Å². The van der Waals surface area contributed by atoms with E-state index in [1.807, 2.05) is 0 Å². The molecule has 58 heavy (non-hydrogen) atoms. The zero-order valence-electron chi connectivity index (χ0n) is 33.5. The summed E-state index contributed by atoms with van der Waals surface area (Å²) in [5, 5.41) is 17.4. The van der Waals surface area contributed by atoms with Gasteiger partial charge < -0.3 is 76.4 Å². The molecule has 0 aromatic heterocycles. The van der Waals surface area contributed by atoms with Crippen LogP contribution in [0.3, 0.4) is 0 Å². The highest BCUT2D eigenvalue weighted by Crippen LogP contribution is 2.05. The highest BCUT2D eigenvalue weighted by Gasteiger charge is 2.27. The molecule has 330 valence electrons. The Morgan fingerprint density at radius 2 is 0.897 bits per heavy atom. The molecule has 0 saturated carbocycles. The van der Waals surface area contributed by atoms with Gasteiger partial charge in [0.15, 0.2) is 11.7 Å². The Bertz CT molecular complexity index is 1360. The third kappa shape index (κ3) is 25.1. The number of carbonyl (C=O) groups excluding carboxylic acids is 9. The van der Waals surface area contributed by atoms with Gasteiger partial charge in [0.2, 0.25) is 41.4 Å². The summed E-state index contributed by atoms with van der Waals surface area (Å²) in [6.07, 6.45) is 4.50. The van der Waals surface area contributed by atoms with Crippen molar-refractivity contribution in [3.63, 3.8) is 0 Å². The molecular formula is C35H66N14O9. The molecular weight excluding hydrogens is 760 g/mol. The van der Waals surface area contributed by atoms with E-state index >= 15 is 0 Å². The molecule has 5 atom stereocenters. The minimum atomic E-state index is -1.22. The van der Waals surface area contributed by atoms with Gasteiger partial charge in [-0.25, -0.2) is 0 Å². The number of ketones is 1. The Morgan fingerprint density at radius 1 is 0.534 bits per heavy atom. The lowest BCUT2D eigenvalue weighted by atomic mass is 10.1. The number of amides is 7. The van der Waals surface area contributed by atoms with Crippen molar-refractivity contribution >= 4 is 59.4 Å². The summed E-state index contributed by atoms with van der Waals surface area (Å²) >= 11 is 0. The van der Waals surface area contributed by atoms with Gasteiger partial charge in [0.05, 0.1) is 31.7 Å².